The van der Waals surface area contributed by atoms with Gasteiger partial charge in [0.25, 0.3) is 0 Å². The highest BCUT2D eigenvalue weighted by atomic mass is 16.5. The predicted octanol–water partition coefficient (Wildman–Crippen LogP) is 5.37. The molecule has 2 aromatic rings. The third-order valence-electron chi connectivity index (χ3n) is 5.52. The Labute approximate surface area is 167 Å². The normalized spacial score (nSPS) is 18.6. The minimum absolute atomic E-state index is 0.452. The summed E-state index contributed by atoms with van der Waals surface area (Å²) in [7, 11) is 3.33. The molecule has 0 bridgehead atoms. The summed E-state index contributed by atoms with van der Waals surface area (Å²) in [6, 6.07) is 14.4. The van der Waals surface area contributed by atoms with Gasteiger partial charge in [0.15, 0.2) is 0 Å². The van der Waals surface area contributed by atoms with Gasteiger partial charge in [0.05, 0.1) is 27.4 Å². The number of rotatable bonds is 10. The van der Waals surface area contributed by atoms with Crippen LogP contribution in [-0.4, -0.2) is 27.4 Å². The molecule has 150 valence electrons. The topological polar surface area (TPSA) is 57.1 Å². The SMILES string of the molecule is COc1cc(CCCOc2ccc(C3CCC(CN=O)C3)cc2)cc(OC)c1. The Morgan fingerprint density at radius 3 is 2.32 bits per heavy atom. The number of ether oxygens (including phenoxy) is 3. The summed E-state index contributed by atoms with van der Waals surface area (Å²) in [4.78, 5) is 10.4. The van der Waals surface area contributed by atoms with Gasteiger partial charge in [0.2, 0.25) is 0 Å². The molecule has 0 saturated heterocycles. The van der Waals surface area contributed by atoms with E-state index < -0.39 is 0 Å². The molecule has 2 atom stereocenters. The molecule has 0 spiro atoms. The molecule has 0 aliphatic heterocycles. The highest BCUT2D eigenvalue weighted by molar-refractivity contribution is 5.38. The molecule has 1 aliphatic carbocycles. The van der Waals surface area contributed by atoms with Gasteiger partial charge in [-0.05, 0) is 79.3 Å². The molecule has 0 N–H and O–H groups in total. The van der Waals surface area contributed by atoms with Gasteiger partial charge in [-0.2, -0.15) is 4.91 Å². The van der Waals surface area contributed by atoms with Gasteiger partial charge < -0.3 is 14.2 Å². The Morgan fingerprint density at radius 2 is 1.68 bits per heavy atom. The van der Waals surface area contributed by atoms with E-state index in [1.807, 2.05) is 18.2 Å². The number of nitroso groups, excluding NO2 is 1. The van der Waals surface area contributed by atoms with Gasteiger partial charge >= 0.3 is 0 Å². The van der Waals surface area contributed by atoms with Crippen molar-refractivity contribution in [3.05, 3.63) is 58.5 Å². The van der Waals surface area contributed by atoms with Crippen molar-refractivity contribution in [1.82, 2.24) is 0 Å². The molecule has 0 aromatic heterocycles. The van der Waals surface area contributed by atoms with Crippen LogP contribution in [-0.2, 0) is 6.42 Å². The lowest BCUT2D eigenvalue weighted by Gasteiger charge is -2.12. The summed E-state index contributed by atoms with van der Waals surface area (Å²) in [6.07, 6.45) is 5.13. The third kappa shape index (κ3) is 5.47. The van der Waals surface area contributed by atoms with Crippen molar-refractivity contribution in [2.75, 3.05) is 27.4 Å². The van der Waals surface area contributed by atoms with Gasteiger partial charge in [0, 0.05) is 6.07 Å². The van der Waals surface area contributed by atoms with Crippen molar-refractivity contribution in [2.45, 2.75) is 38.0 Å². The Hall–Kier alpha value is -2.56. The molecule has 0 amide bonds. The molecule has 3 rings (SSSR count). The monoisotopic (exact) mass is 383 g/mol. The Bertz CT molecular complexity index is 737. The van der Waals surface area contributed by atoms with Crippen LogP contribution in [0.1, 0.15) is 42.7 Å². The van der Waals surface area contributed by atoms with Crippen LogP contribution in [0.25, 0.3) is 0 Å². The van der Waals surface area contributed by atoms with Gasteiger partial charge in [-0.15, -0.1) is 0 Å². The zero-order valence-electron chi connectivity index (χ0n) is 16.7. The fraction of sp³-hybridized carbons (Fsp3) is 0.478. The first-order valence-electron chi connectivity index (χ1n) is 9.95. The van der Waals surface area contributed by atoms with E-state index in [1.165, 1.54) is 11.1 Å². The summed E-state index contributed by atoms with van der Waals surface area (Å²) >= 11 is 0. The van der Waals surface area contributed by atoms with Crippen LogP contribution in [0.4, 0.5) is 0 Å². The number of nitrogens with zero attached hydrogens (tertiary/aromatic N) is 1. The van der Waals surface area contributed by atoms with Gasteiger partial charge in [-0.1, -0.05) is 17.3 Å². The van der Waals surface area contributed by atoms with E-state index in [9.17, 15) is 4.91 Å². The highest BCUT2D eigenvalue weighted by Gasteiger charge is 2.25. The minimum atomic E-state index is 0.452. The van der Waals surface area contributed by atoms with Crippen LogP contribution in [0.5, 0.6) is 17.2 Å². The molecule has 0 heterocycles. The molecule has 5 heteroatoms. The lowest BCUT2D eigenvalue weighted by atomic mass is 9.96. The molecule has 1 saturated carbocycles. The second kappa shape index (κ2) is 10.1. The number of hydrogen-bond donors (Lipinski definition) is 0. The summed E-state index contributed by atoms with van der Waals surface area (Å²) < 4.78 is 16.5. The van der Waals surface area contributed by atoms with Crippen molar-refractivity contribution in [3.63, 3.8) is 0 Å². The molecule has 28 heavy (non-hydrogen) atoms. The van der Waals surface area contributed by atoms with Crippen LogP contribution in [0, 0.1) is 10.8 Å². The van der Waals surface area contributed by atoms with E-state index in [2.05, 4.69) is 29.4 Å². The number of hydrogen-bond acceptors (Lipinski definition) is 5. The molecule has 0 radical (unpaired) electrons. The average Bonchev–Trinajstić information content (AvgIpc) is 3.20. The van der Waals surface area contributed by atoms with Crippen molar-refractivity contribution in [2.24, 2.45) is 11.1 Å². The third-order valence-corrected chi connectivity index (χ3v) is 5.52. The zero-order chi connectivity index (χ0) is 19.8. The summed E-state index contributed by atoms with van der Waals surface area (Å²) in [5.41, 5.74) is 2.51. The first-order chi connectivity index (χ1) is 13.7. The van der Waals surface area contributed by atoms with Crippen molar-refractivity contribution in [1.29, 1.82) is 0 Å². The predicted molar refractivity (Wildman–Crippen MR) is 111 cm³/mol. The standard InChI is InChI=1S/C23H29NO4/c1-26-22-13-17(14-23(15-22)27-2)4-3-11-28-21-9-7-19(8-10-21)20-6-5-18(12-20)16-24-25/h7-10,13-15,18,20H,3-6,11-12,16H2,1-2H3. The number of aryl methyl sites for hydroxylation is 1. The maximum Gasteiger partial charge on any atom is 0.122 e. The van der Waals surface area contributed by atoms with Gasteiger partial charge in [-0.25, -0.2) is 0 Å². The number of methoxy groups -OCH3 is 2. The first-order valence-corrected chi connectivity index (χ1v) is 9.95. The van der Waals surface area contributed by atoms with Crippen LogP contribution in [0.3, 0.4) is 0 Å². The van der Waals surface area contributed by atoms with Crippen LogP contribution < -0.4 is 14.2 Å². The smallest absolute Gasteiger partial charge is 0.122 e. The molecule has 1 fully saturated rings. The lowest BCUT2D eigenvalue weighted by molar-refractivity contribution is 0.310. The fourth-order valence-corrected chi connectivity index (χ4v) is 3.96. The van der Waals surface area contributed by atoms with Crippen LogP contribution in [0.2, 0.25) is 0 Å². The van der Waals surface area contributed by atoms with Crippen LogP contribution in [0.15, 0.2) is 47.6 Å². The molecule has 5 nitrogen and oxygen atoms in total. The largest absolute Gasteiger partial charge is 0.497 e. The van der Waals surface area contributed by atoms with E-state index >= 15 is 0 Å². The van der Waals surface area contributed by atoms with Gasteiger partial charge in [0.1, 0.15) is 17.2 Å². The molecular weight excluding hydrogens is 354 g/mol. The summed E-state index contributed by atoms with van der Waals surface area (Å²) in [5, 5.41) is 3.06. The zero-order valence-corrected chi connectivity index (χ0v) is 16.7. The van der Waals surface area contributed by atoms with E-state index in [4.69, 9.17) is 14.2 Å². The summed E-state index contributed by atoms with van der Waals surface area (Å²) in [5.74, 6) is 3.52. The van der Waals surface area contributed by atoms with Crippen molar-refractivity contribution >= 4 is 0 Å². The maximum absolute atomic E-state index is 10.4. The Kier molecular flexibility index (Phi) is 7.29. The average molecular weight is 383 g/mol. The second-order valence-corrected chi connectivity index (χ2v) is 7.43. The molecule has 1 aliphatic rings. The maximum atomic E-state index is 10.4. The summed E-state index contributed by atoms with van der Waals surface area (Å²) in [6.45, 7) is 1.12. The second-order valence-electron chi connectivity index (χ2n) is 7.43. The Morgan fingerprint density at radius 1 is 0.964 bits per heavy atom. The number of benzene rings is 2. The van der Waals surface area contributed by atoms with E-state index in [1.54, 1.807) is 14.2 Å². The molecule has 2 unspecified atom stereocenters. The van der Waals surface area contributed by atoms with Gasteiger partial charge in [-0.3, -0.25) is 0 Å². The van der Waals surface area contributed by atoms with Crippen molar-refractivity contribution < 1.29 is 14.2 Å². The van der Waals surface area contributed by atoms with E-state index in [0.29, 0.717) is 25.0 Å². The van der Waals surface area contributed by atoms with E-state index in [-0.39, 0.29) is 0 Å². The van der Waals surface area contributed by atoms with E-state index in [0.717, 1.165) is 49.4 Å². The van der Waals surface area contributed by atoms with Crippen LogP contribution >= 0.6 is 0 Å². The fourth-order valence-electron chi connectivity index (χ4n) is 3.96. The minimum Gasteiger partial charge on any atom is -0.497 e. The Balaban J connectivity index is 1.45. The molecule has 2 aromatic carbocycles. The lowest BCUT2D eigenvalue weighted by Crippen LogP contribution is -2.01. The first kappa shape index (κ1) is 20.2. The highest BCUT2D eigenvalue weighted by Crippen LogP contribution is 2.38. The van der Waals surface area contributed by atoms with Crippen molar-refractivity contribution in [3.8, 4) is 17.2 Å². The molecular formula is C23H29NO4. The quantitative estimate of drug-likeness (QED) is 0.409.